The molecule has 0 spiro atoms. The fourth-order valence-electron chi connectivity index (χ4n) is 4.36. The summed E-state index contributed by atoms with van der Waals surface area (Å²) in [6.45, 7) is 7.13. The summed E-state index contributed by atoms with van der Waals surface area (Å²) >= 11 is 0. The lowest BCUT2D eigenvalue weighted by atomic mass is 9.93. The second kappa shape index (κ2) is 10.7. The van der Waals surface area contributed by atoms with E-state index >= 15 is 0 Å². The second-order valence-electron chi connectivity index (χ2n) is 7.95. The van der Waals surface area contributed by atoms with Crippen molar-refractivity contribution in [1.82, 2.24) is 25.4 Å². The fourth-order valence-corrected chi connectivity index (χ4v) is 4.36. The van der Waals surface area contributed by atoms with Gasteiger partial charge in [0.05, 0.1) is 5.92 Å². The van der Waals surface area contributed by atoms with Gasteiger partial charge in [-0.3, -0.25) is 19.6 Å². The van der Waals surface area contributed by atoms with Crippen molar-refractivity contribution in [2.75, 3.05) is 46.3 Å². The Hall–Kier alpha value is -1.50. The van der Waals surface area contributed by atoms with Gasteiger partial charge in [-0.25, -0.2) is 0 Å². The predicted molar refractivity (Wildman–Crippen MR) is 108 cm³/mol. The maximum atomic E-state index is 12.5. The number of pyridine rings is 1. The molecule has 0 aromatic carbocycles. The highest BCUT2D eigenvalue weighted by Gasteiger charge is 2.31. The normalized spacial score (nSPS) is 22.6. The average Bonchev–Trinajstić information content (AvgIpc) is 2.72. The van der Waals surface area contributed by atoms with Gasteiger partial charge < -0.3 is 10.6 Å². The lowest BCUT2D eigenvalue weighted by Gasteiger charge is -2.42. The molecule has 1 aromatic rings. The number of hydrogen-bond acceptors (Lipinski definition) is 5. The molecule has 2 aliphatic rings. The Kier molecular flexibility index (Phi) is 8.05. The number of nitrogens with one attached hydrogen (secondary N) is 2. The minimum Gasteiger partial charge on any atom is -0.356 e. The van der Waals surface area contributed by atoms with E-state index < -0.39 is 0 Å². The maximum Gasteiger partial charge on any atom is 0.224 e. The third-order valence-electron chi connectivity index (χ3n) is 5.96. The number of rotatable bonds is 8. The topological polar surface area (TPSA) is 60.5 Å². The highest BCUT2D eigenvalue weighted by atomic mass is 16.1. The van der Waals surface area contributed by atoms with Gasteiger partial charge in [-0.2, -0.15) is 0 Å². The summed E-state index contributed by atoms with van der Waals surface area (Å²) in [7, 11) is 1.95. The molecule has 2 saturated heterocycles. The largest absolute Gasteiger partial charge is 0.356 e. The highest BCUT2D eigenvalue weighted by molar-refractivity contribution is 5.78. The van der Waals surface area contributed by atoms with Crippen LogP contribution in [0.15, 0.2) is 24.5 Å². The molecule has 1 atom stereocenters. The molecule has 2 aliphatic heterocycles. The van der Waals surface area contributed by atoms with Gasteiger partial charge in [0.1, 0.15) is 0 Å². The molecular weight excluding hydrogens is 338 g/mol. The van der Waals surface area contributed by atoms with Crippen molar-refractivity contribution < 1.29 is 4.79 Å². The Labute approximate surface area is 163 Å². The van der Waals surface area contributed by atoms with Crippen LogP contribution in [0.3, 0.4) is 0 Å². The van der Waals surface area contributed by atoms with Crippen molar-refractivity contribution in [3.05, 3.63) is 30.1 Å². The van der Waals surface area contributed by atoms with Crippen LogP contribution in [0.5, 0.6) is 0 Å². The van der Waals surface area contributed by atoms with Crippen LogP contribution in [0.1, 0.15) is 37.7 Å². The Balaban J connectivity index is 1.40. The molecule has 1 aromatic heterocycles. The van der Waals surface area contributed by atoms with Crippen molar-refractivity contribution >= 4 is 5.91 Å². The van der Waals surface area contributed by atoms with Gasteiger partial charge in [0, 0.05) is 38.1 Å². The smallest absolute Gasteiger partial charge is 0.224 e. The Morgan fingerprint density at radius 2 is 1.93 bits per heavy atom. The van der Waals surface area contributed by atoms with Crippen LogP contribution in [-0.2, 0) is 11.3 Å². The van der Waals surface area contributed by atoms with Crippen molar-refractivity contribution in [2.45, 2.75) is 44.7 Å². The molecule has 150 valence electrons. The Morgan fingerprint density at radius 1 is 1.15 bits per heavy atom. The lowest BCUT2D eigenvalue weighted by Crippen LogP contribution is -2.50. The van der Waals surface area contributed by atoms with E-state index in [0.29, 0.717) is 6.04 Å². The van der Waals surface area contributed by atoms with Crippen LogP contribution in [0.2, 0.25) is 0 Å². The number of likely N-dealkylation sites (tertiary alicyclic amines) is 2. The molecule has 0 saturated carbocycles. The van der Waals surface area contributed by atoms with Gasteiger partial charge in [0.2, 0.25) is 5.91 Å². The van der Waals surface area contributed by atoms with E-state index in [4.69, 9.17) is 0 Å². The van der Waals surface area contributed by atoms with Gasteiger partial charge in [-0.15, -0.1) is 0 Å². The van der Waals surface area contributed by atoms with Gasteiger partial charge >= 0.3 is 0 Å². The number of amides is 1. The standard InChI is InChI=1S/C21H35N5O/c1-22-9-3-10-24-21(27)19-4-2-13-26(17-19)20-7-14-25(15-8-20)16-18-5-11-23-12-6-18/h5-6,11-12,19-20,22H,2-4,7-10,13-17H2,1H3,(H,24,27)/t19-/m0/s1. The summed E-state index contributed by atoms with van der Waals surface area (Å²) in [6.07, 6.45) is 9.35. The monoisotopic (exact) mass is 373 g/mol. The van der Waals surface area contributed by atoms with Crippen LogP contribution in [-0.4, -0.2) is 73.0 Å². The molecule has 3 rings (SSSR count). The van der Waals surface area contributed by atoms with Gasteiger partial charge in [0.25, 0.3) is 0 Å². The van der Waals surface area contributed by atoms with Crippen LogP contribution in [0.4, 0.5) is 0 Å². The van der Waals surface area contributed by atoms with Gasteiger partial charge in [-0.05, 0) is 83.0 Å². The van der Waals surface area contributed by atoms with Crippen molar-refractivity contribution in [1.29, 1.82) is 0 Å². The molecule has 27 heavy (non-hydrogen) atoms. The number of piperidine rings is 2. The SMILES string of the molecule is CNCCCNC(=O)[C@H]1CCCN(C2CCN(Cc3ccncc3)CC2)C1. The number of carbonyl (C=O) groups is 1. The Morgan fingerprint density at radius 3 is 2.67 bits per heavy atom. The Bertz CT molecular complexity index is 559. The van der Waals surface area contributed by atoms with Gasteiger partial charge in [0.15, 0.2) is 0 Å². The first-order valence-corrected chi connectivity index (χ1v) is 10.5. The molecule has 0 radical (unpaired) electrons. The molecule has 1 amide bonds. The van der Waals surface area contributed by atoms with E-state index in [2.05, 4.69) is 37.6 Å². The number of carbonyl (C=O) groups excluding carboxylic acids is 1. The van der Waals surface area contributed by atoms with E-state index in [1.54, 1.807) is 0 Å². The zero-order valence-electron chi connectivity index (χ0n) is 16.7. The second-order valence-corrected chi connectivity index (χ2v) is 7.95. The minimum absolute atomic E-state index is 0.170. The minimum atomic E-state index is 0.170. The summed E-state index contributed by atoms with van der Waals surface area (Å²) in [5.41, 5.74) is 1.34. The zero-order valence-corrected chi connectivity index (χ0v) is 16.7. The fraction of sp³-hybridized carbons (Fsp3) is 0.714. The maximum absolute atomic E-state index is 12.5. The van der Waals surface area contributed by atoms with Crippen LogP contribution >= 0.6 is 0 Å². The first kappa shape index (κ1) is 20.2. The molecular formula is C21H35N5O. The van der Waals surface area contributed by atoms with E-state index in [0.717, 1.165) is 65.1 Å². The molecule has 2 N–H and O–H groups in total. The average molecular weight is 374 g/mol. The van der Waals surface area contributed by atoms with Crippen molar-refractivity contribution in [3.8, 4) is 0 Å². The molecule has 0 bridgehead atoms. The predicted octanol–water partition coefficient (Wildman–Crippen LogP) is 1.48. The molecule has 2 fully saturated rings. The van der Waals surface area contributed by atoms with Crippen molar-refractivity contribution in [2.24, 2.45) is 5.92 Å². The van der Waals surface area contributed by atoms with E-state index in [-0.39, 0.29) is 11.8 Å². The number of hydrogen-bond donors (Lipinski definition) is 2. The van der Waals surface area contributed by atoms with Crippen LogP contribution in [0, 0.1) is 5.92 Å². The summed E-state index contributed by atoms with van der Waals surface area (Å²) in [5, 5.41) is 6.25. The van der Waals surface area contributed by atoms with Crippen LogP contribution < -0.4 is 10.6 Å². The number of nitrogens with zero attached hydrogens (tertiary/aromatic N) is 3. The molecule has 6 nitrogen and oxygen atoms in total. The van der Waals surface area contributed by atoms with E-state index in [9.17, 15) is 4.79 Å². The zero-order chi connectivity index (χ0) is 18.9. The quantitative estimate of drug-likeness (QED) is 0.676. The van der Waals surface area contributed by atoms with Crippen molar-refractivity contribution in [3.63, 3.8) is 0 Å². The van der Waals surface area contributed by atoms with E-state index in [1.165, 1.54) is 18.4 Å². The molecule has 6 heteroatoms. The molecule has 3 heterocycles. The third-order valence-corrected chi connectivity index (χ3v) is 5.96. The molecule has 0 unspecified atom stereocenters. The van der Waals surface area contributed by atoms with Crippen LogP contribution in [0.25, 0.3) is 0 Å². The summed E-state index contributed by atoms with van der Waals surface area (Å²) < 4.78 is 0. The van der Waals surface area contributed by atoms with E-state index in [1.807, 2.05) is 19.4 Å². The summed E-state index contributed by atoms with van der Waals surface area (Å²) in [4.78, 5) is 21.7. The first-order valence-electron chi connectivity index (χ1n) is 10.5. The lowest BCUT2D eigenvalue weighted by molar-refractivity contribution is -0.127. The highest BCUT2D eigenvalue weighted by Crippen LogP contribution is 2.24. The summed E-state index contributed by atoms with van der Waals surface area (Å²) in [5.74, 6) is 0.425. The van der Waals surface area contributed by atoms with Gasteiger partial charge in [-0.1, -0.05) is 0 Å². The molecule has 0 aliphatic carbocycles. The number of aromatic nitrogens is 1. The summed E-state index contributed by atoms with van der Waals surface area (Å²) in [6, 6.07) is 4.85. The third kappa shape index (κ3) is 6.26. The first-order chi connectivity index (χ1) is 13.3.